The molecule has 0 saturated heterocycles. The number of nitrogens with zero attached hydrogens (tertiary/aromatic N) is 3. The van der Waals surface area contributed by atoms with Crippen molar-refractivity contribution in [3.05, 3.63) is 35.5 Å². The zero-order valence-corrected chi connectivity index (χ0v) is 10.6. The van der Waals surface area contributed by atoms with Crippen LogP contribution < -0.4 is 5.32 Å². The summed E-state index contributed by atoms with van der Waals surface area (Å²) in [4.78, 5) is 23.5. The Bertz CT molecular complexity index is 515. The molecule has 2 heterocycles. The van der Waals surface area contributed by atoms with Crippen LogP contribution in [0.5, 0.6) is 0 Å². The van der Waals surface area contributed by atoms with Gasteiger partial charge in [-0.3, -0.25) is 0 Å². The van der Waals surface area contributed by atoms with Crippen molar-refractivity contribution >= 4 is 22.3 Å². The van der Waals surface area contributed by atoms with Gasteiger partial charge in [0.15, 0.2) is 5.69 Å². The van der Waals surface area contributed by atoms with Gasteiger partial charge in [-0.15, -0.1) is 11.3 Å². The maximum absolute atomic E-state index is 11.6. The molecule has 0 radical (unpaired) electrons. The van der Waals surface area contributed by atoms with Gasteiger partial charge >= 0.3 is 5.97 Å². The maximum Gasteiger partial charge on any atom is 0.360 e. The first-order chi connectivity index (χ1) is 8.81. The fraction of sp³-hybridized carbons (Fsp3) is 0.273. The van der Waals surface area contributed by atoms with E-state index in [0.717, 1.165) is 5.69 Å². The number of anilines is 1. The quantitative estimate of drug-likeness (QED) is 0.829. The topological polar surface area (TPSA) is 77.0 Å². The number of hydrogen-bond acceptors (Lipinski definition) is 7. The van der Waals surface area contributed by atoms with E-state index < -0.39 is 5.97 Å². The van der Waals surface area contributed by atoms with E-state index in [2.05, 4.69) is 20.3 Å². The third-order valence-electron chi connectivity index (χ3n) is 2.11. The molecule has 0 aliphatic heterocycles. The average Bonchev–Trinajstić information content (AvgIpc) is 2.86. The van der Waals surface area contributed by atoms with Crippen molar-refractivity contribution in [3.8, 4) is 0 Å². The number of nitrogens with one attached hydrogen (secondary N) is 1. The summed E-state index contributed by atoms with van der Waals surface area (Å²) in [7, 11) is 0. The van der Waals surface area contributed by atoms with Crippen LogP contribution in [0.1, 0.15) is 23.1 Å². The standard InChI is InChI=1S/C11H12N4O2S/c1-2-17-11(16)9-10(18-7-15-9)13-5-8-3-4-12-6-14-8/h3-4,6-7,13H,2,5H2,1H3. The monoisotopic (exact) mass is 264 g/mol. The summed E-state index contributed by atoms with van der Waals surface area (Å²) in [6.45, 7) is 2.61. The van der Waals surface area contributed by atoms with Crippen LogP contribution in [-0.4, -0.2) is 27.5 Å². The van der Waals surface area contributed by atoms with Crippen molar-refractivity contribution in [2.45, 2.75) is 13.5 Å². The molecule has 0 fully saturated rings. The molecule has 0 spiro atoms. The van der Waals surface area contributed by atoms with E-state index in [4.69, 9.17) is 4.74 Å². The Kier molecular flexibility index (Phi) is 4.19. The SMILES string of the molecule is CCOC(=O)c1ncsc1NCc1ccncn1. The fourth-order valence-corrected chi connectivity index (χ4v) is 1.98. The lowest BCUT2D eigenvalue weighted by atomic mass is 10.4. The lowest BCUT2D eigenvalue weighted by molar-refractivity contribution is 0.0521. The highest BCUT2D eigenvalue weighted by molar-refractivity contribution is 7.14. The fourth-order valence-electron chi connectivity index (χ4n) is 1.31. The summed E-state index contributed by atoms with van der Waals surface area (Å²) in [5, 5.41) is 3.80. The van der Waals surface area contributed by atoms with E-state index in [9.17, 15) is 4.79 Å². The van der Waals surface area contributed by atoms with E-state index in [1.165, 1.54) is 17.7 Å². The van der Waals surface area contributed by atoms with Crippen LogP contribution >= 0.6 is 11.3 Å². The van der Waals surface area contributed by atoms with Crippen molar-refractivity contribution in [1.29, 1.82) is 0 Å². The van der Waals surface area contributed by atoms with Gasteiger partial charge in [0.25, 0.3) is 0 Å². The lowest BCUT2D eigenvalue weighted by Crippen LogP contribution is -2.09. The van der Waals surface area contributed by atoms with Crippen molar-refractivity contribution in [2.24, 2.45) is 0 Å². The Hall–Kier alpha value is -2.02. The number of ether oxygens (including phenoxy) is 1. The molecule has 0 aromatic carbocycles. The Balaban J connectivity index is 2.02. The lowest BCUT2D eigenvalue weighted by Gasteiger charge is -2.05. The maximum atomic E-state index is 11.6. The molecule has 1 N–H and O–H groups in total. The molecule has 18 heavy (non-hydrogen) atoms. The number of carbonyl (C=O) groups excluding carboxylic acids is 1. The normalized spacial score (nSPS) is 10.1. The number of hydrogen-bond donors (Lipinski definition) is 1. The summed E-state index contributed by atoms with van der Waals surface area (Å²) in [5.41, 5.74) is 2.76. The third kappa shape index (κ3) is 3.01. The molecule has 7 heteroatoms. The molecule has 0 aliphatic rings. The second-order valence-corrected chi connectivity index (χ2v) is 4.16. The molecule has 6 nitrogen and oxygen atoms in total. The number of carbonyl (C=O) groups is 1. The summed E-state index contributed by atoms with van der Waals surface area (Å²) in [6, 6.07) is 1.80. The zero-order chi connectivity index (χ0) is 12.8. The minimum Gasteiger partial charge on any atom is -0.461 e. The van der Waals surface area contributed by atoms with Crippen LogP contribution in [0.2, 0.25) is 0 Å². The van der Waals surface area contributed by atoms with Crippen LogP contribution in [0.4, 0.5) is 5.00 Å². The van der Waals surface area contributed by atoms with E-state index in [0.29, 0.717) is 23.8 Å². The minimum atomic E-state index is -0.413. The van der Waals surface area contributed by atoms with E-state index in [-0.39, 0.29) is 0 Å². The average molecular weight is 264 g/mol. The highest BCUT2D eigenvalue weighted by Gasteiger charge is 2.15. The van der Waals surface area contributed by atoms with Crippen LogP contribution in [0, 0.1) is 0 Å². The Morgan fingerprint density at radius 3 is 3.11 bits per heavy atom. The first kappa shape index (κ1) is 12.4. The van der Waals surface area contributed by atoms with Gasteiger partial charge in [-0.1, -0.05) is 0 Å². The molecular weight excluding hydrogens is 252 g/mol. The van der Waals surface area contributed by atoms with E-state index in [1.54, 1.807) is 24.7 Å². The zero-order valence-electron chi connectivity index (χ0n) is 9.79. The molecule has 0 unspecified atom stereocenters. The molecule has 0 amide bonds. The first-order valence-corrected chi connectivity index (χ1v) is 6.28. The summed E-state index contributed by atoms with van der Waals surface area (Å²) in [6.07, 6.45) is 3.15. The Morgan fingerprint density at radius 2 is 2.39 bits per heavy atom. The van der Waals surface area contributed by atoms with E-state index in [1.807, 2.05) is 0 Å². The van der Waals surface area contributed by atoms with Gasteiger partial charge in [0.2, 0.25) is 0 Å². The molecule has 2 aromatic heterocycles. The van der Waals surface area contributed by atoms with Crippen molar-refractivity contribution in [3.63, 3.8) is 0 Å². The van der Waals surface area contributed by atoms with E-state index >= 15 is 0 Å². The summed E-state index contributed by atoms with van der Waals surface area (Å²) < 4.78 is 4.92. The molecule has 94 valence electrons. The van der Waals surface area contributed by atoms with Gasteiger partial charge in [-0.2, -0.15) is 0 Å². The molecule has 2 rings (SSSR count). The highest BCUT2D eigenvalue weighted by atomic mass is 32.1. The predicted octanol–water partition coefficient (Wildman–Crippen LogP) is 1.72. The molecular formula is C11H12N4O2S. The molecule has 0 aliphatic carbocycles. The second kappa shape index (κ2) is 6.06. The number of aromatic nitrogens is 3. The van der Waals surface area contributed by atoms with Crippen molar-refractivity contribution in [1.82, 2.24) is 15.0 Å². The van der Waals surface area contributed by atoms with Gasteiger partial charge in [0.05, 0.1) is 24.4 Å². The summed E-state index contributed by atoms with van der Waals surface area (Å²) in [5.74, 6) is -0.413. The molecule has 0 atom stereocenters. The molecule has 0 bridgehead atoms. The van der Waals surface area contributed by atoms with Crippen LogP contribution in [0.15, 0.2) is 24.1 Å². The molecule has 0 saturated carbocycles. The second-order valence-electron chi connectivity index (χ2n) is 3.30. The number of thiazole rings is 1. The smallest absolute Gasteiger partial charge is 0.360 e. The van der Waals surface area contributed by atoms with Gasteiger partial charge in [-0.05, 0) is 13.0 Å². The van der Waals surface area contributed by atoms with Gasteiger partial charge in [-0.25, -0.2) is 19.7 Å². The third-order valence-corrected chi connectivity index (χ3v) is 2.89. The Labute approximate surface area is 108 Å². The number of rotatable bonds is 5. The van der Waals surface area contributed by atoms with Gasteiger partial charge < -0.3 is 10.1 Å². The van der Waals surface area contributed by atoms with Gasteiger partial charge in [0.1, 0.15) is 11.3 Å². The van der Waals surface area contributed by atoms with Crippen LogP contribution in [0.25, 0.3) is 0 Å². The predicted molar refractivity (Wildman–Crippen MR) is 67.4 cm³/mol. The van der Waals surface area contributed by atoms with Crippen molar-refractivity contribution < 1.29 is 9.53 Å². The summed E-state index contributed by atoms with van der Waals surface area (Å²) >= 11 is 1.36. The highest BCUT2D eigenvalue weighted by Crippen LogP contribution is 2.21. The van der Waals surface area contributed by atoms with Crippen LogP contribution in [0.3, 0.4) is 0 Å². The van der Waals surface area contributed by atoms with Gasteiger partial charge in [0, 0.05) is 6.20 Å². The molecule has 2 aromatic rings. The largest absolute Gasteiger partial charge is 0.461 e. The van der Waals surface area contributed by atoms with Crippen molar-refractivity contribution in [2.75, 3.05) is 11.9 Å². The number of esters is 1. The first-order valence-electron chi connectivity index (χ1n) is 5.40. The minimum absolute atomic E-state index is 0.316. The Morgan fingerprint density at radius 1 is 1.50 bits per heavy atom. The van der Waals surface area contributed by atoms with Crippen LogP contribution in [-0.2, 0) is 11.3 Å².